The van der Waals surface area contributed by atoms with E-state index < -0.39 is 12.6 Å². The summed E-state index contributed by atoms with van der Waals surface area (Å²) < 4.78 is 0. The lowest BCUT2D eigenvalue weighted by Gasteiger charge is -1.98. The minimum Gasteiger partial charge on any atom is -0.479 e. The van der Waals surface area contributed by atoms with Crippen LogP contribution in [0.2, 0.25) is 0 Å². The van der Waals surface area contributed by atoms with Crippen LogP contribution in [0.1, 0.15) is 5.56 Å². The molecule has 17 heavy (non-hydrogen) atoms. The Morgan fingerprint density at radius 2 is 2.35 bits per heavy atom. The number of rotatable bonds is 4. The average molecular weight is 230 g/mol. The van der Waals surface area contributed by atoms with Gasteiger partial charge in [-0.25, -0.2) is 4.79 Å². The smallest absolute Gasteiger partial charge is 0.344 e. The molecule has 0 unspecified atom stereocenters. The number of benzene rings is 1. The fourth-order valence-corrected chi connectivity index (χ4v) is 1.37. The van der Waals surface area contributed by atoms with E-state index in [4.69, 9.17) is 5.11 Å². The molecular formula is C12H10N2O3. The SMILES string of the molecule is O=C(O)CON=Cc1ccc2ncccc2c1. The lowest BCUT2D eigenvalue weighted by molar-refractivity contribution is -0.142. The molecule has 1 N–H and O–H groups in total. The Morgan fingerprint density at radius 1 is 1.47 bits per heavy atom. The predicted molar refractivity (Wildman–Crippen MR) is 62.9 cm³/mol. The molecule has 0 spiro atoms. The highest BCUT2D eigenvalue weighted by atomic mass is 16.6. The normalized spacial score (nSPS) is 10.8. The first-order chi connectivity index (χ1) is 8.25. The van der Waals surface area contributed by atoms with Crippen LogP contribution < -0.4 is 0 Å². The molecule has 2 aromatic rings. The third kappa shape index (κ3) is 3.01. The van der Waals surface area contributed by atoms with Gasteiger partial charge in [0.1, 0.15) is 0 Å². The predicted octanol–water partition coefficient (Wildman–Crippen LogP) is 1.67. The number of carboxylic acid groups (broad SMARTS) is 1. The quantitative estimate of drug-likeness (QED) is 0.640. The van der Waals surface area contributed by atoms with Gasteiger partial charge in [0, 0.05) is 11.6 Å². The monoisotopic (exact) mass is 230 g/mol. The highest BCUT2D eigenvalue weighted by molar-refractivity contribution is 5.88. The molecule has 1 aromatic carbocycles. The Hall–Kier alpha value is -2.43. The summed E-state index contributed by atoms with van der Waals surface area (Å²) in [6, 6.07) is 9.40. The van der Waals surface area contributed by atoms with E-state index in [0.717, 1.165) is 16.5 Å². The van der Waals surface area contributed by atoms with Crippen molar-refractivity contribution < 1.29 is 14.7 Å². The van der Waals surface area contributed by atoms with Gasteiger partial charge in [0.15, 0.2) is 0 Å². The Balaban J connectivity index is 2.11. The summed E-state index contributed by atoms with van der Waals surface area (Å²) in [5.41, 5.74) is 1.73. The second-order valence-electron chi connectivity index (χ2n) is 3.36. The summed E-state index contributed by atoms with van der Waals surface area (Å²) in [6.45, 7) is -0.439. The summed E-state index contributed by atoms with van der Waals surface area (Å²) in [7, 11) is 0. The van der Waals surface area contributed by atoms with Gasteiger partial charge in [-0.2, -0.15) is 0 Å². The van der Waals surface area contributed by atoms with Crippen LogP contribution in [0.4, 0.5) is 0 Å². The third-order valence-corrected chi connectivity index (χ3v) is 2.09. The first-order valence-corrected chi connectivity index (χ1v) is 4.97. The number of hydrogen-bond acceptors (Lipinski definition) is 4. The second kappa shape index (κ2) is 5.07. The molecule has 2 rings (SSSR count). The van der Waals surface area contributed by atoms with E-state index in [0.29, 0.717) is 0 Å². The van der Waals surface area contributed by atoms with Crippen molar-refractivity contribution in [3.8, 4) is 0 Å². The zero-order valence-corrected chi connectivity index (χ0v) is 8.91. The summed E-state index contributed by atoms with van der Waals surface area (Å²) in [5.74, 6) is -1.05. The van der Waals surface area contributed by atoms with Crippen LogP contribution in [0, 0.1) is 0 Å². The molecular weight excluding hydrogens is 220 g/mol. The fraction of sp³-hybridized carbons (Fsp3) is 0.0833. The number of nitrogens with zero attached hydrogens (tertiary/aromatic N) is 2. The van der Waals surface area contributed by atoms with Gasteiger partial charge in [0.25, 0.3) is 0 Å². The lowest BCUT2D eigenvalue weighted by atomic mass is 10.1. The summed E-state index contributed by atoms with van der Waals surface area (Å²) in [5, 5.41) is 12.9. The molecule has 1 heterocycles. The lowest BCUT2D eigenvalue weighted by Crippen LogP contribution is -2.03. The highest BCUT2D eigenvalue weighted by Gasteiger charge is 1.96. The maximum atomic E-state index is 10.2. The zero-order chi connectivity index (χ0) is 12.1. The topological polar surface area (TPSA) is 71.8 Å². The maximum Gasteiger partial charge on any atom is 0.344 e. The average Bonchev–Trinajstić information content (AvgIpc) is 2.34. The molecule has 1 aromatic heterocycles. The molecule has 0 atom stereocenters. The second-order valence-corrected chi connectivity index (χ2v) is 3.36. The van der Waals surface area contributed by atoms with Crippen molar-refractivity contribution in [1.82, 2.24) is 4.98 Å². The van der Waals surface area contributed by atoms with Gasteiger partial charge >= 0.3 is 5.97 Å². The van der Waals surface area contributed by atoms with Crippen LogP contribution in [0.15, 0.2) is 41.7 Å². The Labute approximate surface area is 97.3 Å². The number of pyridine rings is 1. The first-order valence-electron chi connectivity index (χ1n) is 4.97. The van der Waals surface area contributed by atoms with Gasteiger partial charge in [-0.3, -0.25) is 4.98 Å². The summed E-state index contributed by atoms with van der Waals surface area (Å²) in [6.07, 6.45) is 3.20. The van der Waals surface area contributed by atoms with Crippen molar-refractivity contribution in [2.75, 3.05) is 6.61 Å². The van der Waals surface area contributed by atoms with Crippen molar-refractivity contribution in [2.45, 2.75) is 0 Å². The fourth-order valence-electron chi connectivity index (χ4n) is 1.37. The number of oxime groups is 1. The van der Waals surface area contributed by atoms with E-state index in [-0.39, 0.29) is 0 Å². The molecule has 86 valence electrons. The van der Waals surface area contributed by atoms with Crippen LogP contribution in [-0.2, 0) is 9.63 Å². The molecule has 0 saturated carbocycles. The van der Waals surface area contributed by atoms with E-state index >= 15 is 0 Å². The maximum absolute atomic E-state index is 10.2. The Kier molecular flexibility index (Phi) is 3.30. The minimum atomic E-state index is -1.05. The van der Waals surface area contributed by atoms with Crippen LogP contribution in [0.5, 0.6) is 0 Å². The van der Waals surface area contributed by atoms with Crippen molar-refractivity contribution >= 4 is 23.1 Å². The molecule has 5 nitrogen and oxygen atoms in total. The highest BCUT2D eigenvalue weighted by Crippen LogP contribution is 2.11. The molecule has 0 bridgehead atoms. The number of carbonyl (C=O) groups is 1. The van der Waals surface area contributed by atoms with Crippen molar-refractivity contribution in [3.63, 3.8) is 0 Å². The van der Waals surface area contributed by atoms with E-state index in [2.05, 4.69) is 15.0 Å². The van der Waals surface area contributed by atoms with E-state index in [1.54, 1.807) is 6.20 Å². The number of hydrogen-bond donors (Lipinski definition) is 1. The van der Waals surface area contributed by atoms with Gasteiger partial charge in [-0.15, -0.1) is 0 Å². The number of aliphatic carboxylic acids is 1. The molecule has 0 amide bonds. The first kappa shape index (κ1) is 11.1. The van der Waals surface area contributed by atoms with Crippen molar-refractivity contribution in [1.29, 1.82) is 0 Å². The van der Waals surface area contributed by atoms with Crippen LogP contribution >= 0.6 is 0 Å². The van der Waals surface area contributed by atoms with Gasteiger partial charge in [0.2, 0.25) is 6.61 Å². The number of aromatic nitrogens is 1. The minimum absolute atomic E-state index is 0.439. The van der Waals surface area contributed by atoms with Gasteiger partial charge in [0.05, 0.1) is 11.7 Å². The Morgan fingerprint density at radius 3 is 3.18 bits per heavy atom. The van der Waals surface area contributed by atoms with Crippen molar-refractivity contribution in [3.05, 3.63) is 42.1 Å². The largest absolute Gasteiger partial charge is 0.479 e. The van der Waals surface area contributed by atoms with E-state index in [1.165, 1.54) is 6.21 Å². The molecule has 5 heteroatoms. The van der Waals surface area contributed by atoms with Gasteiger partial charge < -0.3 is 9.94 Å². The molecule has 0 aliphatic carbocycles. The number of carboxylic acids is 1. The molecule has 0 radical (unpaired) electrons. The molecule has 0 saturated heterocycles. The van der Waals surface area contributed by atoms with Gasteiger partial charge in [-0.1, -0.05) is 17.3 Å². The third-order valence-electron chi connectivity index (χ3n) is 2.09. The molecule has 0 aliphatic rings. The summed E-state index contributed by atoms with van der Waals surface area (Å²) >= 11 is 0. The van der Waals surface area contributed by atoms with E-state index in [1.807, 2.05) is 30.3 Å². The molecule has 0 aliphatic heterocycles. The summed E-state index contributed by atoms with van der Waals surface area (Å²) in [4.78, 5) is 18.9. The Bertz CT molecular complexity index is 566. The standard InChI is InChI=1S/C12H10N2O3/c15-12(16)8-17-14-7-9-3-4-11-10(6-9)2-1-5-13-11/h1-7H,8H2,(H,15,16). The van der Waals surface area contributed by atoms with Gasteiger partial charge in [-0.05, 0) is 23.8 Å². The van der Waals surface area contributed by atoms with Crippen LogP contribution in [-0.4, -0.2) is 28.9 Å². The number of fused-ring (bicyclic) bond motifs is 1. The van der Waals surface area contributed by atoms with E-state index in [9.17, 15) is 4.79 Å². The molecule has 0 fully saturated rings. The van der Waals surface area contributed by atoms with Crippen molar-refractivity contribution in [2.24, 2.45) is 5.16 Å². The van der Waals surface area contributed by atoms with Crippen LogP contribution in [0.3, 0.4) is 0 Å². The zero-order valence-electron chi connectivity index (χ0n) is 8.91. The van der Waals surface area contributed by atoms with Crippen LogP contribution in [0.25, 0.3) is 10.9 Å².